The molecule has 1 aliphatic heterocycles. The van der Waals surface area contributed by atoms with E-state index in [1.54, 1.807) is 0 Å². The third-order valence-electron chi connectivity index (χ3n) is 5.77. The van der Waals surface area contributed by atoms with Crippen LogP contribution in [-0.4, -0.2) is 35.1 Å². The molecular weight excluding hydrogens is 250 g/mol. The van der Waals surface area contributed by atoms with Crippen molar-refractivity contribution in [3.63, 3.8) is 0 Å². The molecule has 2 atom stereocenters. The molecule has 2 fully saturated rings. The lowest BCUT2D eigenvalue weighted by molar-refractivity contribution is -0.142. The van der Waals surface area contributed by atoms with E-state index < -0.39 is 5.97 Å². The molecule has 0 spiro atoms. The van der Waals surface area contributed by atoms with E-state index in [9.17, 15) is 9.90 Å². The SMILES string of the molecule is CC1C(C(=O)O)CCN1CC1CCC(C(C)(C)C)CC1. The van der Waals surface area contributed by atoms with E-state index in [0.29, 0.717) is 5.41 Å². The third kappa shape index (κ3) is 3.55. The molecule has 1 saturated carbocycles. The fourth-order valence-corrected chi connectivity index (χ4v) is 4.13. The minimum atomic E-state index is -0.614. The minimum Gasteiger partial charge on any atom is -0.481 e. The fourth-order valence-electron chi connectivity index (χ4n) is 4.13. The van der Waals surface area contributed by atoms with Gasteiger partial charge in [0, 0.05) is 12.6 Å². The Morgan fingerprint density at radius 3 is 2.20 bits per heavy atom. The summed E-state index contributed by atoms with van der Waals surface area (Å²) >= 11 is 0. The van der Waals surface area contributed by atoms with Gasteiger partial charge >= 0.3 is 5.97 Å². The molecule has 1 saturated heterocycles. The average molecular weight is 281 g/mol. The van der Waals surface area contributed by atoms with Crippen molar-refractivity contribution in [3.05, 3.63) is 0 Å². The lowest BCUT2D eigenvalue weighted by Crippen LogP contribution is -2.38. The number of aliphatic carboxylic acids is 1. The Balaban J connectivity index is 1.80. The molecule has 0 radical (unpaired) electrons. The summed E-state index contributed by atoms with van der Waals surface area (Å²) in [6.45, 7) is 11.2. The Morgan fingerprint density at radius 1 is 1.15 bits per heavy atom. The molecule has 1 aliphatic carbocycles. The Bertz CT molecular complexity index is 339. The first-order chi connectivity index (χ1) is 9.29. The van der Waals surface area contributed by atoms with Crippen LogP contribution in [0.15, 0.2) is 0 Å². The van der Waals surface area contributed by atoms with Crippen molar-refractivity contribution in [2.24, 2.45) is 23.2 Å². The summed E-state index contributed by atoms with van der Waals surface area (Å²) in [7, 11) is 0. The van der Waals surface area contributed by atoms with Gasteiger partial charge in [-0.25, -0.2) is 0 Å². The predicted octanol–water partition coefficient (Wildman–Crippen LogP) is 3.63. The smallest absolute Gasteiger partial charge is 0.308 e. The van der Waals surface area contributed by atoms with Crippen molar-refractivity contribution in [2.45, 2.75) is 65.8 Å². The summed E-state index contributed by atoms with van der Waals surface area (Å²) in [5.74, 6) is 0.877. The number of hydrogen-bond acceptors (Lipinski definition) is 2. The van der Waals surface area contributed by atoms with Gasteiger partial charge in [0.15, 0.2) is 0 Å². The molecule has 0 aromatic heterocycles. The number of hydrogen-bond donors (Lipinski definition) is 1. The van der Waals surface area contributed by atoms with Gasteiger partial charge in [-0.2, -0.15) is 0 Å². The van der Waals surface area contributed by atoms with E-state index >= 15 is 0 Å². The normalized spacial score (nSPS) is 36.2. The van der Waals surface area contributed by atoms with Gasteiger partial charge in [0.1, 0.15) is 0 Å². The maximum atomic E-state index is 11.2. The Morgan fingerprint density at radius 2 is 1.75 bits per heavy atom. The zero-order valence-electron chi connectivity index (χ0n) is 13.6. The lowest BCUT2D eigenvalue weighted by Gasteiger charge is -2.38. The quantitative estimate of drug-likeness (QED) is 0.858. The Hall–Kier alpha value is -0.570. The third-order valence-corrected chi connectivity index (χ3v) is 5.77. The fraction of sp³-hybridized carbons (Fsp3) is 0.941. The van der Waals surface area contributed by atoms with Crippen LogP contribution in [0.4, 0.5) is 0 Å². The number of nitrogens with zero attached hydrogens (tertiary/aromatic N) is 1. The maximum Gasteiger partial charge on any atom is 0.308 e. The molecule has 2 unspecified atom stereocenters. The molecular formula is C17H31NO2. The van der Waals surface area contributed by atoms with Crippen LogP contribution in [0.3, 0.4) is 0 Å². The molecule has 116 valence electrons. The van der Waals surface area contributed by atoms with E-state index in [2.05, 4.69) is 32.6 Å². The number of rotatable bonds is 3. The standard InChI is InChI=1S/C17H31NO2/c1-12-15(16(19)20)9-10-18(12)11-13-5-7-14(8-6-13)17(2,3)4/h12-15H,5-11H2,1-4H3,(H,19,20). The monoisotopic (exact) mass is 281 g/mol. The Labute approximate surface area is 123 Å². The van der Waals surface area contributed by atoms with Crippen molar-refractivity contribution >= 4 is 5.97 Å². The highest BCUT2D eigenvalue weighted by Crippen LogP contribution is 2.40. The second-order valence-electron chi connectivity index (χ2n) is 8.05. The van der Waals surface area contributed by atoms with E-state index in [1.165, 1.54) is 25.7 Å². The van der Waals surface area contributed by atoms with Crippen LogP contribution in [0.1, 0.15) is 59.8 Å². The molecule has 20 heavy (non-hydrogen) atoms. The van der Waals surface area contributed by atoms with Gasteiger partial charge in [-0.15, -0.1) is 0 Å². The van der Waals surface area contributed by atoms with E-state index in [-0.39, 0.29) is 12.0 Å². The largest absolute Gasteiger partial charge is 0.481 e. The zero-order valence-corrected chi connectivity index (χ0v) is 13.6. The predicted molar refractivity (Wildman–Crippen MR) is 81.7 cm³/mol. The van der Waals surface area contributed by atoms with E-state index in [1.807, 2.05) is 0 Å². The number of carboxylic acid groups (broad SMARTS) is 1. The molecule has 3 nitrogen and oxygen atoms in total. The summed E-state index contributed by atoms with van der Waals surface area (Å²) in [5.41, 5.74) is 0.445. The van der Waals surface area contributed by atoms with Crippen LogP contribution >= 0.6 is 0 Å². The first kappa shape index (κ1) is 15.8. The van der Waals surface area contributed by atoms with Crippen molar-refractivity contribution in [1.29, 1.82) is 0 Å². The molecule has 0 bridgehead atoms. The number of likely N-dealkylation sites (tertiary alicyclic amines) is 1. The molecule has 0 amide bonds. The summed E-state index contributed by atoms with van der Waals surface area (Å²) in [5, 5.41) is 9.20. The van der Waals surface area contributed by atoms with E-state index in [0.717, 1.165) is 31.3 Å². The molecule has 0 aromatic carbocycles. The van der Waals surface area contributed by atoms with Crippen LogP contribution in [0.2, 0.25) is 0 Å². The minimum absolute atomic E-state index is 0.152. The number of carbonyl (C=O) groups is 1. The average Bonchev–Trinajstić information content (AvgIpc) is 2.71. The van der Waals surface area contributed by atoms with Gasteiger partial charge in [0.25, 0.3) is 0 Å². The van der Waals surface area contributed by atoms with Crippen LogP contribution in [-0.2, 0) is 4.79 Å². The summed E-state index contributed by atoms with van der Waals surface area (Å²) < 4.78 is 0. The van der Waals surface area contributed by atoms with Crippen LogP contribution < -0.4 is 0 Å². The van der Waals surface area contributed by atoms with Crippen molar-refractivity contribution in [1.82, 2.24) is 4.90 Å². The first-order valence-corrected chi connectivity index (χ1v) is 8.26. The van der Waals surface area contributed by atoms with Gasteiger partial charge < -0.3 is 5.11 Å². The molecule has 2 aliphatic rings. The summed E-state index contributed by atoms with van der Waals surface area (Å²) in [4.78, 5) is 13.6. The summed E-state index contributed by atoms with van der Waals surface area (Å²) in [6.07, 6.45) is 6.16. The zero-order chi connectivity index (χ0) is 14.9. The Kier molecular flexibility index (Phi) is 4.78. The second kappa shape index (κ2) is 6.05. The van der Waals surface area contributed by atoms with E-state index in [4.69, 9.17) is 0 Å². The molecule has 2 rings (SSSR count). The number of carboxylic acids is 1. The van der Waals surface area contributed by atoms with Crippen LogP contribution in [0.5, 0.6) is 0 Å². The van der Waals surface area contributed by atoms with Crippen molar-refractivity contribution < 1.29 is 9.90 Å². The van der Waals surface area contributed by atoms with Crippen LogP contribution in [0, 0.1) is 23.2 Å². The lowest BCUT2D eigenvalue weighted by atomic mass is 9.70. The second-order valence-corrected chi connectivity index (χ2v) is 8.05. The maximum absolute atomic E-state index is 11.2. The van der Waals surface area contributed by atoms with Gasteiger partial charge in [0.2, 0.25) is 0 Å². The highest BCUT2D eigenvalue weighted by Gasteiger charge is 2.37. The van der Waals surface area contributed by atoms with Gasteiger partial charge in [-0.05, 0) is 62.8 Å². The van der Waals surface area contributed by atoms with Gasteiger partial charge in [0.05, 0.1) is 5.92 Å². The topological polar surface area (TPSA) is 40.5 Å². The van der Waals surface area contributed by atoms with Crippen molar-refractivity contribution in [3.8, 4) is 0 Å². The molecule has 3 heteroatoms. The highest BCUT2D eigenvalue weighted by molar-refractivity contribution is 5.71. The van der Waals surface area contributed by atoms with Crippen molar-refractivity contribution in [2.75, 3.05) is 13.1 Å². The first-order valence-electron chi connectivity index (χ1n) is 8.26. The molecule has 1 heterocycles. The molecule has 0 aromatic rings. The van der Waals surface area contributed by atoms with Crippen LogP contribution in [0.25, 0.3) is 0 Å². The highest BCUT2D eigenvalue weighted by atomic mass is 16.4. The van der Waals surface area contributed by atoms with Gasteiger partial charge in [-0.3, -0.25) is 9.69 Å². The van der Waals surface area contributed by atoms with Gasteiger partial charge in [-0.1, -0.05) is 20.8 Å². The summed E-state index contributed by atoms with van der Waals surface area (Å²) in [6, 6.07) is 0.216. The molecule has 1 N–H and O–H groups in total.